The van der Waals surface area contributed by atoms with Crippen LogP contribution in [-0.4, -0.2) is 37.8 Å². The first-order valence-corrected chi connectivity index (χ1v) is 5.84. The molecule has 1 aliphatic heterocycles. The highest BCUT2D eigenvalue weighted by molar-refractivity contribution is 6.03. The molecule has 0 saturated heterocycles. The number of aliphatic hydroxyl groups is 1. The molecule has 0 unspecified atom stereocenters. The number of aliphatic hydroxyl groups excluding tert-OH is 1. The maximum absolute atomic E-state index is 12.0. The lowest BCUT2D eigenvalue weighted by molar-refractivity contribution is -0.117. The second-order valence-corrected chi connectivity index (χ2v) is 4.29. The van der Waals surface area contributed by atoms with Crippen LogP contribution in [0.3, 0.4) is 0 Å². The fourth-order valence-corrected chi connectivity index (χ4v) is 2.11. The van der Waals surface area contributed by atoms with Crippen molar-refractivity contribution in [1.29, 1.82) is 5.26 Å². The normalized spacial score (nSPS) is 14.4. The van der Waals surface area contributed by atoms with E-state index in [-0.39, 0.29) is 12.5 Å². The van der Waals surface area contributed by atoms with Gasteiger partial charge >= 0.3 is 0 Å². The van der Waals surface area contributed by atoms with E-state index in [2.05, 4.69) is 6.07 Å². The summed E-state index contributed by atoms with van der Waals surface area (Å²) in [6.07, 6.45) is 0.533. The van der Waals surface area contributed by atoms with Crippen LogP contribution in [-0.2, 0) is 4.79 Å². The Hall–Kier alpha value is -2.06. The van der Waals surface area contributed by atoms with Crippen LogP contribution in [0.2, 0.25) is 0 Å². The van der Waals surface area contributed by atoms with Crippen LogP contribution in [0.25, 0.3) is 0 Å². The number of hydrogen-bond donors (Lipinski definition) is 1. The molecular weight excluding hydrogens is 230 g/mol. The lowest BCUT2D eigenvalue weighted by atomic mass is 10.1. The summed E-state index contributed by atoms with van der Waals surface area (Å²) in [7, 11) is 1.85. The number of nitriles is 1. The van der Waals surface area contributed by atoms with E-state index < -0.39 is 0 Å². The number of rotatable bonds is 3. The molecule has 0 fully saturated rings. The van der Waals surface area contributed by atoms with Gasteiger partial charge in [-0.05, 0) is 24.6 Å². The second kappa shape index (κ2) is 5.07. The van der Waals surface area contributed by atoms with E-state index in [0.717, 1.165) is 11.4 Å². The summed E-state index contributed by atoms with van der Waals surface area (Å²) in [6, 6.07) is 7.40. The van der Waals surface area contributed by atoms with E-state index in [4.69, 9.17) is 10.4 Å². The number of nitrogens with zero attached hydrogens (tertiary/aromatic N) is 3. The summed E-state index contributed by atoms with van der Waals surface area (Å²) in [5.41, 5.74) is 2.22. The molecule has 5 nitrogen and oxygen atoms in total. The van der Waals surface area contributed by atoms with Crippen molar-refractivity contribution in [3.63, 3.8) is 0 Å². The van der Waals surface area contributed by atoms with Crippen molar-refractivity contribution in [2.24, 2.45) is 0 Å². The number of anilines is 2. The number of likely N-dealkylation sites (N-methyl/N-ethyl adjacent to an activating group) is 1. The lowest BCUT2D eigenvalue weighted by Gasteiger charge is -2.35. The van der Waals surface area contributed by atoms with Gasteiger partial charge in [0.25, 0.3) is 0 Å². The summed E-state index contributed by atoms with van der Waals surface area (Å²) in [4.78, 5) is 15.5. The zero-order valence-corrected chi connectivity index (χ0v) is 10.3. The third kappa shape index (κ3) is 2.15. The SMILES string of the molecule is CN1CC(=O)N(CCCO)c2cc(C#N)ccc21. The molecule has 0 radical (unpaired) electrons. The predicted molar refractivity (Wildman–Crippen MR) is 68.5 cm³/mol. The Kier molecular flexibility index (Phi) is 3.49. The Balaban J connectivity index is 2.42. The van der Waals surface area contributed by atoms with Gasteiger partial charge in [0, 0.05) is 20.2 Å². The summed E-state index contributed by atoms with van der Waals surface area (Å²) >= 11 is 0. The molecule has 1 aromatic rings. The van der Waals surface area contributed by atoms with Crippen molar-refractivity contribution in [1.82, 2.24) is 0 Å². The standard InChI is InChI=1S/C13H15N3O2/c1-15-9-13(18)16(5-2-6-17)12-7-10(8-14)3-4-11(12)15/h3-4,7,17H,2,5-6,9H2,1H3. The minimum atomic E-state index is -0.00598. The van der Waals surface area contributed by atoms with Gasteiger partial charge in [-0.15, -0.1) is 0 Å². The smallest absolute Gasteiger partial charge is 0.246 e. The summed E-state index contributed by atoms with van der Waals surface area (Å²) in [6.45, 7) is 0.849. The van der Waals surface area contributed by atoms with Gasteiger partial charge in [-0.3, -0.25) is 4.79 Å². The average Bonchev–Trinajstić information content (AvgIpc) is 2.38. The van der Waals surface area contributed by atoms with Gasteiger partial charge in [0.1, 0.15) is 0 Å². The van der Waals surface area contributed by atoms with Crippen molar-refractivity contribution in [2.75, 3.05) is 36.5 Å². The molecule has 0 bridgehead atoms. The fourth-order valence-electron chi connectivity index (χ4n) is 2.11. The van der Waals surface area contributed by atoms with E-state index in [9.17, 15) is 4.79 Å². The van der Waals surface area contributed by atoms with Crippen LogP contribution in [0.1, 0.15) is 12.0 Å². The number of fused-ring (bicyclic) bond motifs is 1. The molecular formula is C13H15N3O2. The first kappa shape index (κ1) is 12.4. The molecule has 0 saturated carbocycles. The molecule has 1 amide bonds. The molecule has 0 atom stereocenters. The molecule has 18 heavy (non-hydrogen) atoms. The maximum atomic E-state index is 12.0. The Morgan fingerprint density at radius 2 is 2.22 bits per heavy atom. The minimum absolute atomic E-state index is 0.00598. The highest BCUT2D eigenvalue weighted by Gasteiger charge is 2.27. The van der Waals surface area contributed by atoms with E-state index in [1.165, 1.54) is 0 Å². The van der Waals surface area contributed by atoms with Gasteiger partial charge in [-0.1, -0.05) is 0 Å². The van der Waals surface area contributed by atoms with Crippen LogP contribution in [0.15, 0.2) is 18.2 Å². The van der Waals surface area contributed by atoms with E-state index in [1.54, 1.807) is 17.0 Å². The van der Waals surface area contributed by atoms with E-state index in [0.29, 0.717) is 25.1 Å². The molecule has 1 aliphatic rings. The van der Waals surface area contributed by atoms with Crippen molar-refractivity contribution in [2.45, 2.75) is 6.42 Å². The van der Waals surface area contributed by atoms with Crippen molar-refractivity contribution in [3.8, 4) is 6.07 Å². The van der Waals surface area contributed by atoms with Gasteiger partial charge in [-0.2, -0.15) is 5.26 Å². The van der Waals surface area contributed by atoms with Gasteiger partial charge in [-0.25, -0.2) is 0 Å². The van der Waals surface area contributed by atoms with Gasteiger partial charge in [0.2, 0.25) is 5.91 Å². The number of hydrogen-bond acceptors (Lipinski definition) is 4. The van der Waals surface area contributed by atoms with E-state index >= 15 is 0 Å². The molecule has 5 heteroatoms. The molecule has 0 aliphatic carbocycles. The Morgan fingerprint density at radius 3 is 2.89 bits per heavy atom. The van der Waals surface area contributed by atoms with Gasteiger partial charge in [0.05, 0.1) is 29.6 Å². The Bertz CT molecular complexity index is 507. The van der Waals surface area contributed by atoms with Crippen LogP contribution >= 0.6 is 0 Å². The molecule has 2 rings (SSSR count). The topological polar surface area (TPSA) is 67.6 Å². The zero-order valence-electron chi connectivity index (χ0n) is 10.3. The van der Waals surface area contributed by atoms with Crippen molar-refractivity contribution in [3.05, 3.63) is 23.8 Å². The molecule has 1 N–H and O–H groups in total. The van der Waals surface area contributed by atoms with Gasteiger partial charge < -0.3 is 14.9 Å². The second-order valence-electron chi connectivity index (χ2n) is 4.29. The minimum Gasteiger partial charge on any atom is -0.396 e. The molecule has 0 spiro atoms. The first-order valence-electron chi connectivity index (χ1n) is 5.84. The highest BCUT2D eigenvalue weighted by Crippen LogP contribution is 2.33. The van der Waals surface area contributed by atoms with Crippen molar-refractivity contribution >= 4 is 17.3 Å². The summed E-state index contributed by atoms with van der Waals surface area (Å²) < 4.78 is 0. The number of carbonyl (C=O) groups is 1. The first-order chi connectivity index (χ1) is 8.67. The largest absolute Gasteiger partial charge is 0.396 e. The van der Waals surface area contributed by atoms with Crippen LogP contribution in [0.4, 0.5) is 11.4 Å². The summed E-state index contributed by atoms with van der Waals surface area (Å²) in [5, 5.41) is 17.8. The van der Waals surface area contributed by atoms with Crippen LogP contribution < -0.4 is 9.80 Å². The highest BCUT2D eigenvalue weighted by atomic mass is 16.3. The van der Waals surface area contributed by atoms with Crippen LogP contribution in [0.5, 0.6) is 0 Å². The zero-order chi connectivity index (χ0) is 13.1. The van der Waals surface area contributed by atoms with Gasteiger partial charge in [0.15, 0.2) is 0 Å². The van der Waals surface area contributed by atoms with E-state index in [1.807, 2.05) is 18.0 Å². The third-order valence-corrected chi connectivity index (χ3v) is 3.02. The Labute approximate surface area is 106 Å². The monoisotopic (exact) mass is 245 g/mol. The number of amides is 1. The predicted octanol–water partition coefficient (Wildman–Crippen LogP) is 0.723. The molecule has 94 valence electrons. The number of benzene rings is 1. The average molecular weight is 245 g/mol. The molecule has 1 aromatic carbocycles. The lowest BCUT2D eigenvalue weighted by Crippen LogP contribution is -2.44. The quantitative estimate of drug-likeness (QED) is 0.852. The Morgan fingerprint density at radius 1 is 1.44 bits per heavy atom. The number of carbonyl (C=O) groups excluding carboxylic acids is 1. The molecule has 1 heterocycles. The molecule has 0 aromatic heterocycles. The fraction of sp³-hybridized carbons (Fsp3) is 0.385. The van der Waals surface area contributed by atoms with Crippen molar-refractivity contribution < 1.29 is 9.90 Å². The maximum Gasteiger partial charge on any atom is 0.246 e. The summed E-state index contributed by atoms with van der Waals surface area (Å²) in [5.74, 6) is -0.00598. The van der Waals surface area contributed by atoms with Crippen LogP contribution in [0, 0.1) is 11.3 Å². The third-order valence-electron chi connectivity index (χ3n) is 3.02.